The van der Waals surface area contributed by atoms with E-state index in [1.54, 1.807) is 6.07 Å². The summed E-state index contributed by atoms with van der Waals surface area (Å²) in [5.74, 6) is 0.162. The molecule has 5 nitrogen and oxygen atoms in total. The zero-order valence-corrected chi connectivity index (χ0v) is 14.6. The molecule has 0 radical (unpaired) electrons. The quantitative estimate of drug-likeness (QED) is 0.794. The number of nitrogens with zero attached hydrogens (tertiary/aromatic N) is 2. The van der Waals surface area contributed by atoms with Gasteiger partial charge in [-0.25, -0.2) is 4.68 Å². The molecule has 1 heterocycles. The average Bonchev–Trinajstić information content (AvgIpc) is 2.60. The second kappa shape index (κ2) is 6.89. The minimum absolute atomic E-state index is 0.115. The van der Waals surface area contributed by atoms with Crippen molar-refractivity contribution in [1.82, 2.24) is 9.78 Å². The van der Waals surface area contributed by atoms with Gasteiger partial charge in [-0.1, -0.05) is 44.2 Å². The molecule has 0 spiro atoms. The fraction of sp³-hybridized carbons (Fsp3) is 0.250. The summed E-state index contributed by atoms with van der Waals surface area (Å²) in [6.45, 7) is 5.96. The van der Waals surface area contributed by atoms with E-state index in [-0.39, 0.29) is 18.0 Å². The lowest BCUT2D eigenvalue weighted by Gasteiger charge is -2.10. The highest BCUT2D eigenvalue weighted by Gasteiger charge is 2.11. The third kappa shape index (κ3) is 3.60. The number of aryl methyl sites for hydroxylation is 1. The van der Waals surface area contributed by atoms with Gasteiger partial charge in [0.2, 0.25) is 5.91 Å². The van der Waals surface area contributed by atoms with Crippen molar-refractivity contribution in [3.8, 4) is 0 Å². The van der Waals surface area contributed by atoms with Gasteiger partial charge in [-0.15, -0.1) is 0 Å². The molecule has 5 heteroatoms. The lowest BCUT2D eigenvalue weighted by molar-refractivity contribution is -0.117. The molecule has 0 unspecified atom stereocenters. The molecule has 1 amide bonds. The van der Waals surface area contributed by atoms with Crippen LogP contribution in [0.5, 0.6) is 0 Å². The van der Waals surface area contributed by atoms with Gasteiger partial charge < -0.3 is 5.32 Å². The molecule has 128 valence electrons. The van der Waals surface area contributed by atoms with E-state index in [9.17, 15) is 9.59 Å². The molecule has 3 rings (SSSR count). The van der Waals surface area contributed by atoms with E-state index in [0.717, 1.165) is 11.1 Å². The molecule has 0 atom stereocenters. The number of nitrogens with one attached hydrogen (secondary N) is 1. The normalized spacial score (nSPS) is 11.0. The Morgan fingerprint density at radius 2 is 1.72 bits per heavy atom. The van der Waals surface area contributed by atoms with Gasteiger partial charge in [-0.3, -0.25) is 9.59 Å². The maximum absolute atomic E-state index is 12.5. The molecule has 1 N–H and O–H groups in total. The number of benzene rings is 2. The van der Waals surface area contributed by atoms with Gasteiger partial charge in [-0.05, 0) is 36.6 Å². The van der Waals surface area contributed by atoms with E-state index in [1.807, 2.05) is 49.4 Å². The molecular formula is C20H21N3O2. The van der Waals surface area contributed by atoms with E-state index in [1.165, 1.54) is 10.2 Å². The molecule has 3 aromatic rings. The number of fused-ring (bicyclic) bond motifs is 1. The Labute approximate surface area is 146 Å². The topological polar surface area (TPSA) is 64.0 Å². The fourth-order valence-electron chi connectivity index (χ4n) is 2.80. The van der Waals surface area contributed by atoms with Crippen molar-refractivity contribution in [2.75, 3.05) is 5.32 Å². The van der Waals surface area contributed by atoms with Crippen molar-refractivity contribution in [3.05, 3.63) is 70.1 Å². The smallest absolute Gasteiger partial charge is 0.275 e. The summed E-state index contributed by atoms with van der Waals surface area (Å²) in [6.07, 6.45) is 0. The number of anilines is 1. The predicted octanol–water partition coefficient (Wildman–Crippen LogP) is 3.47. The van der Waals surface area contributed by atoms with Crippen molar-refractivity contribution in [2.24, 2.45) is 0 Å². The Bertz CT molecular complexity index is 972. The van der Waals surface area contributed by atoms with Crippen LogP contribution in [-0.2, 0) is 11.3 Å². The van der Waals surface area contributed by atoms with Crippen molar-refractivity contribution in [1.29, 1.82) is 0 Å². The number of amides is 1. The van der Waals surface area contributed by atoms with E-state index in [0.29, 0.717) is 17.0 Å². The summed E-state index contributed by atoms with van der Waals surface area (Å²) < 4.78 is 1.22. The zero-order chi connectivity index (χ0) is 18.0. The Kier molecular flexibility index (Phi) is 4.65. The zero-order valence-electron chi connectivity index (χ0n) is 14.6. The number of carbonyl (C=O) groups excluding carboxylic acids is 1. The molecule has 0 aliphatic heterocycles. The summed E-state index contributed by atoms with van der Waals surface area (Å²) >= 11 is 0. The van der Waals surface area contributed by atoms with Crippen LogP contribution in [-0.4, -0.2) is 15.7 Å². The van der Waals surface area contributed by atoms with Gasteiger partial charge in [0.05, 0.1) is 11.1 Å². The largest absolute Gasteiger partial charge is 0.324 e. The Hall–Kier alpha value is -2.95. The number of hydrogen-bond acceptors (Lipinski definition) is 3. The molecule has 0 bridgehead atoms. The molecule has 1 aromatic heterocycles. The van der Waals surface area contributed by atoms with E-state index in [2.05, 4.69) is 24.3 Å². The number of carbonyl (C=O) groups is 1. The summed E-state index contributed by atoms with van der Waals surface area (Å²) in [5.41, 5.74) is 2.39. The van der Waals surface area contributed by atoms with Crippen LogP contribution in [0.4, 0.5) is 5.69 Å². The second-order valence-electron chi connectivity index (χ2n) is 6.42. The molecule has 0 saturated heterocycles. The number of hydrogen-bond donors (Lipinski definition) is 1. The summed E-state index contributed by atoms with van der Waals surface area (Å²) in [7, 11) is 0. The Morgan fingerprint density at radius 3 is 2.36 bits per heavy atom. The van der Waals surface area contributed by atoms with Crippen LogP contribution in [0.1, 0.15) is 31.0 Å². The number of rotatable bonds is 4. The van der Waals surface area contributed by atoms with Crippen LogP contribution >= 0.6 is 0 Å². The molecule has 25 heavy (non-hydrogen) atoms. The van der Waals surface area contributed by atoms with Crippen molar-refractivity contribution in [3.63, 3.8) is 0 Å². The number of aromatic nitrogens is 2. The minimum atomic E-state index is -0.276. The third-order valence-electron chi connectivity index (χ3n) is 4.21. The molecule has 0 aliphatic carbocycles. The standard InChI is InChI=1S/C20H21N3O2/c1-13(2)15-8-10-16(11-9-15)21-19(24)12-23-20(25)18-7-5-4-6-17(18)14(3)22-23/h4-11,13H,12H2,1-3H3,(H,21,24). The van der Waals surface area contributed by atoms with Crippen LogP contribution in [0.15, 0.2) is 53.3 Å². The van der Waals surface area contributed by atoms with Gasteiger partial charge >= 0.3 is 0 Å². The van der Waals surface area contributed by atoms with Crippen LogP contribution in [0.3, 0.4) is 0 Å². The highest BCUT2D eigenvalue weighted by molar-refractivity contribution is 5.91. The molecular weight excluding hydrogens is 314 g/mol. The van der Waals surface area contributed by atoms with Crippen molar-refractivity contribution >= 4 is 22.4 Å². The monoisotopic (exact) mass is 335 g/mol. The van der Waals surface area contributed by atoms with Crippen molar-refractivity contribution in [2.45, 2.75) is 33.2 Å². The van der Waals surface area contributed by atoms with Gasteiger partial charge in [0.25, 0.3) is 5.56 Å². The predicted molar refractivity (Wildman–Crippen MR) is 99.9 cm³/mol. The van der Waals surface area contributed by atoms with E-state index < -0.39 is 0 Å². The van der Waals surface area contributed by atoms with Crippen molar-refractivity contribution < 1.29 is 4.79 Å². The molecule has 0 saturated carbocycles. The highest BCUT2D eigenvalue weighted by atomic mass is 16.2. The van der Waals surface area contributed by atoms with Crippen LogP contribution < -0.4 is 10.9 Å². The lowest BCUT2D eigenvalue weighted by Crippen LogP contribution is -2.30. The second-order valence-corrected chi connectivity index (χ2v) is 6.42. The Balaban J connectivity index is 1.80. The first-order valence-corrected chi connectivity index (χ1v) is 8.32. The SMILES string of the molecule is Cc1nn(CC(=O)Nc2ccc(C(C)C)cc2)c(=O)c2ccccc12. The van der Waals surface area contributed by atoms with Gasteiger partial charge in [0.1, 0.15) is 6.54 Å². The molecule has 0 aliphatic rings. The highest BCUT2D eigenvalue weighted by Crippen LogP contribution is 2.17. The first kappa shape index (κ1) is 16.9. The summed E-state index contributed by atoms with van der Waals surface area (Å²) in [6, 6.07) is 15.0. The van der Waals surface area contributed by atoms with Gasteiger partial charge in [-0.2, -0.15) is 5.10 Å². The minimum Gasteiger partial charge on any atom is -0.324 e. The molecule has 2 aromatic carbocycles. The first-order chi connectivity index (χ1) is 12.0. The van der Waals surface area contributed by atoms with Gasteiger partial charge in [0, 0.05) is 11.1 Å². The van der Waals surface area contributed by atoms with Crippen LogP contribution in [0.2, 0.25) is 0 Å². The van der Waals surface area contributed by atoms with Gasteiger partial charge in [0.15, 0.2) is 0 Å². The first-order valence-electron chi connectivity index (χ1n) is 8.32. The third-order valence-corrected chi connectivity index (χ3v) is 4.21. The summed E-state index contributed by atoms with van der Waals surface area (Å²) in [5, 5.41) is 8.46. The van der Waals surface area contributed by atoms with E-state index >= 15 is 0 Å². The fourth-order valence-corrected chi connectivity index (χ4v) is 2.80. The maximum Gasteiger partial charge on any atom is 0.275 e. The maximum atomic E-state index is 12.5. The van der Waals surface area contributed by atoms with E-state index in [4.69, 9.17) is 0 Å². The summed E-state index contributed by atoms with van der Waals surface area (Å²) in [4.78, 5) is 24.8. The lowest BCUT2D eigenvalue weighted by atomic mass is 10.0. The average molecular weight is 335 g/mol. The van der Waals surface area contributed by atoms with Crippen LogP contribution in [0, 0.1) is 6.92 Å². The van der Waals surface area contributed by atoms with Crippen LogP contribution in [0.25, 0.3) is 10.8 Å². The molecule has 0 fully saturated rings. The Morgan fingerprint density at radius 1 is 1.08 bits per heavy atom.